The molecule has 134 valence electrons. The van der Waals surface area contributed by atoms with Gasteiger partial charge in [-0.1, -0.05) is 32.1 Å². The molecule has 0 aromatic rings. The smallest absolute Gasteiger partial charge is 0.223 e. The molecular formula is C18H34N2O3. The standard InChI is InChI=1S/C18H34N2O3/c19-9-11-22-13-14-23-12-10-20-18(21)17(16-7-8-16)4-2-1-3-15-5-6-15/h15-17H,1-14,19H2,(H,20,21). The molecule has 2 saturated carbocycles. The molecule has 5 heteroatoms. The summed E-state index contributed by atoms with van der Waals surface area (Å²) in [5, 5.41) is 3.04. The third kappa shape index (κ3) is 8.68. The molecule has 0 heterocycles. The van der Waals surface area contributed by atoms with Crippen LogP contribution in [0.3, 0.4) is 0 Å². The Bertz CT molecular complexity index is 330. The van der Waals surface area contributed by atoms with Gasteiger partial charge in [-0.05, 0) is 31.1 Å². The Morgan fingerprint density at radius 3 is 2.43 bits per heavy atom. The fourth-order valence-electron chi connectivity index (χ4n) is 3.07. The van der Waals surface area contributed by atoms with E-state index in [1.54, 1.807) is 0 Å². The van der Waals surface area contributed by atoms with Crippen LogP contribution in [-0.4, -0.2) is 45.4 Å². The van der Waals surface area contributed by atoms with Gasteiger partial charge in [-0.15, -0.1) is 0 Å². The summed E-state index contributed by atoms with van der Waals surface area (Å²) in [6.07, 6.45) is 10.3. The number of nitrogens with two attached hydrogens (primary N) is 1. The maximum absolute atomic E-state index is 12.3. The molecule has 0 radical (unpaired) electrons. The second-order valence-corrected chi connectivity index (χ2v) is 6.98. The van der Waals surface area contributed by atoms with Crippen LogP contribution in [0.2, 0.25) is 0 Å². The Morgan fingerprint density at radius 1 is 1.04 bits per heavy atom. The summed E-state index contributed by atoms with van der Waals surface area (Å²) in [7, 11) is 0. The van der Waals surface area contributed by atoms with Gasteiger partial charge in [0.05, 0.1) is 26.4 Å². The number of carbonyl (C=O) groups excluding carboxylic acids is 1. The molecule has 0 aliphatic heterocycles. The van der Waals surface area contributed by atoms with Gasteiger partial charge in [0.25, 0.3) is 0 Å². The van der Waals surface area contributed by atoms with E-state index in [0.717, 1.165) is 12.3 Å². The van der Waals surface area contributed by atoms with Gasteiger partial charge in [0.2, 0.25) is 5.91 Å². The average Bonchev–Trinajstić information content (AvgIpc) is 3.43. The van der Waals surface area contributed by atoms with Crippen LogP contribution in [0.1, 0.15) is 51.4 Å². The number of hydrogen-bond donors (Lipinski definition) is 2. The van der Waals surface area contributed by atoms with E-state index in [9.17, 15) is 4.79 Å². The van der Waals surface area contributed by atoms with Crippen molar-refractivity contribution in [2.45, 2.75) is 51.4 Å². The molecule has 0 saturated heterocycles. The first-order chi connectivity index (χ1) is 11.3. The topological polar surface area (TPSA) is 73.6 Å². The maximum Gasteiger partial charge on any atom is 0.223 e. The summed E-state index contributed by atoms with van der Waals surface area (Å²) in [6.45, 7) is 3.39. The van der Waals surface area contributed by atoms with Crippen LogP contribution in [0.25, 0.3) is 0 Å². The zero-order chi connectivity index (χ0) is 16.3. The van der Waals surface area contributed by atoms with Crippen molar-refractivity contribution in [1.29, 1.82) is 0 Å². The maximum atomic E-state index is 12.3. The quantitative estimate of drug-likeness (QED) is 0.452. The molecule has 2 aliphatic carbocycles. The number of ether oxygens (including phenoxy) is 2. The highest BCUT2D eigenvalue weighted by atomic mass is 16.5. The van der Waals surface area contributed by atoms with Gasteiger partial charge in [-0.3, -0.25) is 4.79 Å². The molecule has 0 aromatic heterocycles. The van der Waals surface area contributed by atoms with Crippen molar-refractivity contribution in [3.05, 3.63) is 0 Å². The first kappa shape index (κ1) is 18.7. The molecule has 2 fully saturated rings. The Kier molecular flexibility index (Phi) is 8.94. The molecule has 0 spiro atoms. The fourth-order valence-corrected chi connectivity index (χ4v) is 3.07. The largest absolute Gasteiger partial charge is 0.378 e. The number of unbranched alkanes of at least 4 members (excludes halogenated alkanes) is 1. The molecule has 0 bridgehead atoms. The molecule has 5 nitrogen and oxygen atoms in total. The van der Waals surface area contributed by atoms with Crippen LogP contribution < -0.4 is 11.1 Å². The monoisotopic (exact) mass is 326 g/mol. The lowest BCUT2D eigenvalue weighted by Gasteiger charge is -2.16. The lowest BCUT2D eigenvalue weighted by molar-refractivity contribution is -0.126. The van der Waals surface area contributed by atoms with Crippen molar-refractivity contribution in [1.82, 2.24) is 5.32 Å². The number of amides is 1. The fraction of sp³-hybridized carbons (Fsp3) is 0.944. The van der Waals surface area contributed by atoms with E-state index in [1.807, 2.05) is 0 Å². The zero-order valence-electron chi connectivity index (χ0n) is 14.4. The summed E-state index contributed by atoms with van der Waals surface area (Å²) in [6, 6.07) is 0. The Balaban J connectivity index is 1.47. The van der Waals surface area contributed by atoms with Crippen molar-refractivity contribution in [3.63, 3.8) is 0 Å². The van der Waals surface area contributed by atoms with Crippen LogP contribution in [0.15, 0.2) is 0 Å². The Labute approximate surface area is 140 Å². The van der Waals surface area contributed by atoms with Gasteiger partial charge < -0.3 is 20.5 Å². The van der Waals surface area contributed by atoms with Gasteiger partial charge in [0, 0.05) is 19.0 Å². The average molecular weight is 326 g/mol. The van der Waals surface area contributed by atoms with Gasteiger partial charge in [-0.25, -0.2) is 0 Å². The molecule has 2 rings (SSSR count). The molecule has 1 unspecified atom stereocenters. The van der Waals surface area contributed by atoms with Crippen LogP contribution in [0.5, 0.6) is 0 Å². The van der Waals surface area contributed by atoms with E-state index in [0.29, 0.717) is 45.4 Å². The summed E-state index contributed by atoms with van der Waals surface area (Å²) >= 11 is 0. The molecule has 3 N–H and O–H groups in total. The van der Waals surface area contributed by atoms with Crippen LogP contribution in [-0.2, 0) is 14.3 Å². The molecule has 23 heavy (non-hydrogen) atoms. The predicted octanol–water partition coefficient (Wildman–Crippen LogP) is 2.09. The highest BCUT2D eigenvalue weighted by molar-refractivity contribution is 5.79. The SMILES string of the molecule is NCCOCCOCCNC(=O)C(CCCCC1CC1)C1CC1. The highest BCUT2D eigenvalue weighted by Gasteiger charge is 2.35. The highest BCUT2D eigenvalue weighted by Crippen LogP contribution is 2.40. The van der Waals surface area contributed by atoms with Crippen molar-refractivity contribution < 1.29 is 14.3 Å². The third-order valence-corrected chi connectivity index (χ3v) is 4.78. The Hall–Kier alpha value is -0.650. The van der Waals surface area contributed by atoms with Crippen LogP contribution in [0, 0.1) is 17.8 Å². The molecule has 0 aromatic carbocycles. The van der Waals surface area contributed by atoms with Crippen molar-refractivity contribution >= 4 is 5.91 Å². The number of hydrogen-bond acceptors (Lipinski definition) is 4. The molecule has 1 atom stereocenters. The number of rotatable bonds is 15. The summed E-state index contributed by atoms with van der Waals surface area (Å²) in [5.74, 6) is 2.12. The zero-order valence-corrected chi connectivity index (χ0v) is 14.4. The van der Waals surface area contributed by atoms with E-state index < -0.39 is 0 Å². The van der Waals surface area contributed by atoms with Gasteiger partial charge >= 0.3 is 0 Å². The summed E-state index contributed by atoms with van der Waals surface area (Å²) < 4.78 is 10.7. The first-order valence-corrected chi connectivity index (χ1v) is 9.44. The van der Waals surface area contributed by atoms with E-state index in [1.165, 1.54) is 44.9 Å². The molecule has 1 amide bonds. The van der Waals surface area contributed by atoms with E-state index in [2.05, 4.69) is 5.32 Å². The summed E-state index contributed by atoms with van der Waals surface area (Å²) in [4.78, 5) is 12.3. The first-order valence-electron chi connectivity index (χ1n) is 9.44. The van der Waals surface area contributed by atoms with E-state index >= 15 is 0 Å². The number of nitrogens with one attached hydrogen (secondary N) is 1. The van der Waals surface area contributed by atoms with E-state index in [4.69, 9.17) is 15.2 Å². The van der Waals surface area contributed by atoms with Crippen molar-refractivity contribution in [3.8, 4) is 0 Å². The molecular weight excluding hydrogens is 292 g/mol. The minimum absolute atomic E-state index is 0.238. The van der Waals surface area contributed by atoms with Crippen LogP contribution in [0.4, 0.5) is 0 Å². The van der Waals surface area contributed by atoms with Gasteiger partial charge in [0.1, 0.15) is 0 Å². The van der Waals surface area contributed by atoms with E-state index in [-0.39, 0.29) is 11.8 Å². The van der Waals surface area contributed by atoms with Gasteiger partial charge in [0.15, 0.2) is 0 Å². The summed E-state index contributed by atoms with van der Waals surface area (Å²) in [5.41, 5.74) is 5.33. The Morgan fingerprint density at radius 2 is 1.78 bits per heavy atom. The predicted molar refractivity (Wildman–Crippen MR) is 91.1 cm³/mol. The lowest BCUT2D eigenvalue weighted by atomic mass is 9.95. The van der Waals surface area contributed by atoms with Crippen molar-refractivity contribution in [2.75, 3.05) is 39.5 Å². The lowest BCUT2D eigenvalue weighted by Crippen LogP contribution is -2.34. The second-order valence-electron chi connectivity index (χ2n) is 6.98. The van der Waals surface area contributed by atoms with Crippen LogP contribution >= 0.6 is 0 Å². The minimum Gasteiger partial charge on any atom is -0.378 e. The third-order valence-electron chi connectivity index (χ3n) is 4.78. The van der Waals surface area contributed by atoms with Crippen molar-refractivity contribution in [2.24, 2.45) is 23.5 Å². The number of carbonyl (C=O) groups is 1. The van der Waals surface area contributed by atoms with Gasteiger partial charge in [-0.2, -0.15) is 0 Å². The minimum atomic E-state index is 0.238. The second kappa shape index (κ2) is 11.0. The molecule has 2 aliphatic rings. The normalized spacial score (nSPS) is 18.8.